The van der Waals surface area contributed by atoms with Gasteiger partial charge in [0.15, 0.2) is 0 Å². The summed E-state index contributed by atoms with van der Waals surface area (Å²) >= 11 is 0. The highest BCUT2D eigenvalue weighted by molar-refractivity contribution is 5.82. The standard InChI is InChI=1S/C17H26N2O3/c1-3-9-19-10-5-8-15(19)17(21)18-12-16(20)13-6-4-7-14(11-13)22-2/h4,6-7,11,15-16,20H,3,5,8-10,12H2,1-2H3,(H,18,21). The van der Waals surface area contributed by atoms with Crippen LogP contribution in [0, 0.1) is 0 Å². The van der Waals surface area contributed by atoms with Gasteiger partial charge in [0.05, 0.1) is 19.3 Å². The van der Waals surface area contributed by atoms with Gasteiger partial charge in [-0.3, -0.25) is 9.69 Å². The molecule has 0 aliphatic carbocycles. The van der Waals surface area contributed by atoms with Crippen molar-refractivity contribution in [3.63, 3.8) is 0 Å². The molecule has 1 aliphatic heterocycles. The number of ether oxygens (including phenoxy) is 1. The van der Waals surface area contributed by atoms with E-state index in [0.29, 0.717) is 5.75 Å². The largest absolute Gasteiger partial charge is 0.497 e. The molecule has 1 aromatic carbocycles. The second-order valence-corrected chi connectivity index (χ2v) is 5.73. The first-order valence-corrected chi connectivity index (χ1v) is 7.99. The van der Waals surface area contributed by atoms with Gasteiger partial charge in [-0.05, 0) is 50.0 Å². The topological polar surface area (TPSA) is 61.8 Å². The van der Waals surface area contributed by atoms with Crippen LogP contribution in [0.1, 0.15) is 37.9 Å². The van der Waals surface area contributed by atoms with Gasteiger partial charge in [0, 0.05) is 6.54 Å². The number of hydrogen-bond acceptors (Lipinski definition) is 4. The van der Waals surface area contributed by atoms with Crippen molar-refractivity contribution < 1.29 is 14.6 Å². The van der Waals surface area contributed by atoms with E-state index in [1.54, 1.807) is 13.2 Å². The molecule has 1 aromatic rings. The number of nitrogens with zero attached hydrogens (tertiary/aromatic N) is 1. The summed E-state index contributed by atoms with van der Waals surface area (Å²) in [6.45, 7) is 4.29. The zero-order valence-corrected chi connectivity index (χ0v) is 13.4. The third kappa shape index (κ3) is 4.21. The van der Waals surface area contributed by atoms with Crippen LogP contribution >= 0.6 is 0 Å². The molecule has 122 valence electrons. The van der Waals surface area contributed by atoms with Crippen molar-refractivity contribution in [2.24, 2.45) is 0 Å². The van der Waals surface area contributed by atoms with E-state index in [-0.39, 0.29) is 18.5 Å². The Kier molecular flexibility index (Phi) is 6.21. The Morgan fingerprint density at radius 1 is 1.55 bits per heavy atom. The minimum absolute atomic E-state index is 0.0212. The van der Waals surface area contributed by atoms with Crippen molar-refractivity contribution in [1.29, 1.82) is 0 Å². The molecule has 0 aromatic heterocycles. The summed E-state index contributed by atoms with van der Waals surface area (Å²) in [5.41, 5.74) is 0.747. The predicted octanol–water partition coefficient (Wildman–Crippen LogP) is 1.72. The molecule has 2 atom stereocenters. The highest BCUT2D eigenvalue weighted by Crippen LogP contribution is 2.20. The van der Waals surface area contributed by atoms with E-state index in [2.05, 4.69) is 17.1 Å². The number of nitrogens with one attached hydrogen (secondary N) is 1. The SMILES string of the molecule is CCCN1CCCC1C(=O)NCC(O)c1cccc(OC)c1. The quantitative estimate of drug-likeness (QED) is 0.805. The number of likely N-dealkylation sites (tertiary alicyclic amines) is 1. The maximum atomic E-state index is 12.3. The Bertz CT molecular complexity index is 493. The number of rotatable bonds is 7. The van der Waals surface area contributed by atoms with Gasteiger partial charge in [0.25, 0.3) is 0 Å². The summed E-state index contributed by atoms with van der Waals surface area (Å²) in [5, 5.41) is 13.1. The van der Waals surface area contributed by atoms with Gasteiger partial charge in [-0.1, -0.05) is 19.1 Å². The van der Waals surface area contributed by atoms with Crippen LogP contribution in [0.25, 0.3) is 0 Å². The Morgan fingerprint density at radius 3 is 3.09 bits per heavy atom. The molecule has 5 nitrogen and oxygen atoms in total. The number of amides is 1. The molecule has 2 unspecified atom stereocenters. The Hall–Kier alpha value is -1.59. The fourth-order valence-electron chi connectivity index (χ4n) is 2.96. The first kappa shape index (κ1) is 16.8. The third-order valence-electron chi connectivity index (χ3n) is 4.13. The van der Waals surface area contributed by atoms with Crippen molar-refractivity contribution >= 4 is 5.91 Å². The summed E-state index contributed by atoms with van der Waals surface area (Å²) in [6, 6.07) is 7.24. The lowest BCUT2D eigenvalue weighted by Gasteiger charge is -2.23. The molecule has 2 N–H and O–H groups in total. The molecule has 0 bridgehead atoms. The second kappa shape index (κ2) is 8.15. The average Bonchev–Trinajstić information content (AvgIpc) is 3.01. The number of carbonyl (C=O) groups excluding carboxylic acids is 1. The molecule has 1 saturated heterocycles. The van der Waals surface area contributed by atoms with Gasteiger partial charge in [0.2, 0.25) is 5.91 Å². The molecule has 1 amide bonds. The number of benzene rings is 1. The summed E-state index contributed by atoms with van der Waals surface area (Å²) in [7, 11) is 1.59. The average molecular weight is 306 g/mol. The maximum Gasteiger partial charge on any atom is 0.237 e. The van der Waals surface area contributed by atoms with E-state index in [0.717, 1.165) is 37.9 Å². The number of hydrogen-bond donors (Lipinski definition) is 2. The zero-order valence-electron chi connectivity index (χ0n) is 13.4. The first-order chi connectivity index (χ1) is 10.7. The highest BCUT2D eigenvalue weighted by atomic mass is 16.5. The van der Waals surface area contributed by atoms with Crippen LogP contribution in [0.2, 0.25) is 0 Å². The number of aliphatic hydroxyl groups excluding tert-OH is 1. The summed E-state index contributed by atoms with van der Waals surface area (Å²) in [4.78, 5) is 14.5. The third-order valence-corrected chi connectivity index (χ3v) is 4.13. The highest BCUT2D eigenvalue weighted by Gasteiger charge is 2.29. The molecule has 5 heteroatoms. The van der Waals surface area contributed by atoms with Crippen LogP contribution in [-0.2, 0) is 4.79 Å². The van der Waals surface area contributed by atoms with Crippen LogP contribution in [0.3, 0.4) is 0 Å². The molecule has 1 fully saturated rings. The minimum Gasteiger partial charge on any atom is -0.497 e. The van der Waals surface area contributed by atoms with Crippen molar-refractivity contribution in [3.8, 4) is 5.75 Å². The lowest BCUT2D eigenvalue weighted by molar-refractivity contribution is -0.125. The second-order valence-electron chi connectivity index (χ2n) is 5.73. The molecular weight excluding hydrogens is 280 g/mol. The molecule has 0 saturated carbocycles. The molecule has 0 radical (unpaired) electrons. The molecule has 2 rings (SSSR count). The Morgan fingerprint density at radius 2 is 2.36 bits per heavy atom. The van der Waals surface area contributed by atoms with E-state index in [1.807, 2.05) is 18.2 Å². The van der Waals surface area contributed by atoms with Crippen LogP contribution < -0.4 is 10.1 Å². The zero-order chi connectivity index (χ0) is 15.9. The molecule has 22 heavy (non-hydrogen) atoms. The van der Waals surface area contributed by atoms with Crippen LogP contribution in [0.5, 0.6) is 5.75 Å². The fraction of sp³-hybridized carbons (Fsp3) is 0.588. The lowest BCUT2D eigenvalue weighted by Crippen LogP contribution is -2.44. The van der Waals surface area contributed by atoms with Crippen LogP contribution in [-0.4, -0.2) is 48.7 Å². The van der Waals surface area contributed by atoms with E-state index in [4.69, 9.17) is 4.74 Å². The van der Waals surface area contributed by atoms with Crippen molar-refractivity contribution in [3.05, 3.63) is 29.8 Å². The first-order valence-electron chi connectivity index (χ1n) is 7.99. The minimum atomic E-state index is -0.722. The maximum absolute atomic E-state index is 12.3. The monoisotopic (exact) mass is 306 g/mol. The van der Waals surface area contributed by atoms with Gasteiger partial charge in [-0.15, -0.1) is 0 Å². The number of aliphatic hydroxyl groups is 1. The number of methoxy groups -OCH3 is 1. The van der Waals surface area contributed by atoms with Gasteiger partial charge < -0.3 is 15.2 Å². The van der Waals surface area contributed by atoms with Gasteiger partial charge in [-0.25, -0.2) is 0 Å². The normalized spacial score (nSPS) is 19.9. The van der Waals surface area contributed by atoms with Crippen LogP contribution in [0.4, 0.5) is 0 Å². The summed E-state index contributed by atoms with van der Waals surface area (Å²) < 4.78 is 5.15. The van der Waals surface area contributed by atoms with Gasteiger partial charge in [0.1, 0.15) is 5.75 Å². The Balaban J connectivity index is 1.87. The van der Waals surface area contributed by atoms with E-state index < -0.39 is 6.10 Å². The Labute approximate surface area is 132 Å². The van der Waals surface area contributed by atoms with Crippen molar-refractivity contribution in [2.45, 2.75) is 38.3 Å². The van der Waals surface area contributed by atoms with E-state index >= 15 is 0 Å². The van der Waals surface area contributed by atoms with E-state index in [9.17, 15) is 9.90 Å². The lowest BCUT2D eigenvalue weighted by atomic mass is 10.1. The molecular formula is C17H26N2O3. The van der Waals surface area contributed by atoms with Gasteiger partial charge in [-0.2, -0.15) is 0 Å². The predicted molar refractivity (Wildman–Crippen MR) is 85.8 cm³/mol. The molecule has 1 aliphatic rings. The van der Waals surface area contributed by atoms with Crippen LogP contribution in [0.15, 0.2) is 24.3 Å². The summed E-state index contributed by atoms with van der Waals surface area (Å²) in [5.74, 6) is 0.723. The van der Waals surface area contributed by atoms with Gasteiger partial charge >= 0.3 is 0 Å². The smallest absolute Gasteiger partial charge is 0.237 e. The fourth-order valence-corrected chi connectivity index (χ4v) is 2.96. The molecule has 0 spiro atoms. The number of carbonyl (C=O) groups is 1. The van der Waals surface area contributed by atoms with Crippen molar-refractivity contribution in [2.75, 3.05) is 26.7 Å². The molecule has 1 heterocycles. The summed E-state index contributed by atoms with van der Waals surface area (Å²) in [6.07, 6.45) is 2.30. The van der Waals surface area contributed by atoms with Crippen molar-refractivity contribution in [1.82, 2.24) is 10.2 Å². The van der Waals surface area contributed by atoms with E-state index in [1.165, 1.54) is 0 Å².